The minimum atomic E-state index is 0.826. The normalized spacial score (nSPS) is 12.3. The Bertz CT molecular complexity index is 1270. The zero-order valence-corrected chi connectivity index (χ0v) is 16.0. The summed E-state index contributed by atoms with van der Waals surface area (Å²) in [5.74, 6) is 1.65. The Morgan fingerprint density at radius 2 is 1.52 bits per heavy atom. The fourth-order valence-electron chi connectivity index (χ4n) is 3.51. The molecule has 0 saturated carbocycles. The van der Waals surface area contributed by atoms with Gasteiger partial charge in [0.05, 0.1) is 29.0 Å². The summed E-state index contributed by atoms with van der Waals surface area (Å²) in [5.41, 5.74) is 4.69. The Hall–Kier alpha value is -3.77. The molecule has 0 N–H and O–H groups in total. The van der Waals surface area contributed by atoms with Crippen LogP contribution in [0.4, 0.5) is 17.1 Å². The van der Waals surface area contributed by atoms with E-state index in [0.29, 0.717) is 0 Å². The Morgan fingerprint density at radius 3 is 2.21 bits per heavy atom. The molecule has 0 radical (unpaired) electrons. The number of benzene rings is 2. The van der Waals surface area contributed by atoms with E-state index < -0.39 is 0 Å². The fourth-order valence-corrected chi connectivity index (χ4v) is 4.39. The van der Waals surface area contributed by atoms with Gasteiger partial charge < -0.3 is 9.64 Å². The highest BCUT2D eigenvalue weighted by atomic mass is 32.1. The van der Waals surface area contributed by atoms with Crippen molar-refractivity contribution in [1.82, 2.24) is 15.0 Å². The summed E-state index contributed by atoms with van der Waals surface area (Å²) in [6.07, 6.45) is 3.67. The maximum absolute atomic E-state index is 6.08. The highest BCUT2D eigenvalue weighted by Gasteiger charge is 2.25. The molecule has 6 heteroatoms. The van der Waals surface area contributed by atoms with Gasteiger partial charge in [-0.05, 0) is 48.5 Å². The van der Waals surface area contributed by atoms with Crippen LogP contribution in [0.5, 0.6) is 11.5 Å². The van der Waals surface area contributed by atoms with Crippen molar-refractivity contribution in [2.24, 2.45) is 0 Å². The first-order valence-corrected chi connectivity index (χ1v) is 10.0. The van der Waals surface area contributed by atoms with Crippen LogP contribution in [0.1, 0.15) is 0 Å². The van der Waals surface area contributed by atoms with Gasteiger partial charge in [-0.25, -0.2) is 9.97 Å². The van der Waals surface area contributed by atoms with Crippen LogP contribution in [0.15, 0.2) is 85.2 Å². The molecule has 29 heavy (non-hydrogen) atoms. The molecule has 2 aromatic carbocycles. The average Bonchev–Trinajstić information content (AvgIpc) is 3.22. The summed E-state index contributed by atoms with van der Waals surface area (Å²) >= 11 is 1.55. The smallest absolute Gasteiger partial charge is 0.151 e. The molecule has 0 saturated heterocycles. The van der Waals surface area contributed by atoms with Crippen LogP contribution < -0.4 is 9.64 Å². The molecule has 0 atom stereocenters. The minimum Gasteiger partial charge on any atom is -0.453 e. The predicted octanol–water partition coefficient (Wildman–Crippen LogP) is 6.33. The van der Waals surface area contributed by atoms with Crippen molar-refractivity contribution in [2.75, 3.05) is 4.90 Å². The van der Waals surface area contributed by atoms with Gasteiger partial charge in [0.25, 0.3) is 0 Å². The number of nitrogens with zero attached hydrogens (tertiary/aromatic N) is 4. The highest BCUT2D eigenvalue weighted by Crippen LogP contribution is 2.49. The van der Waals surface area contributed by atoms with E-state index in [-0.39, 0.29) is 0 Å². The summed E-state index contributed by atoms with van der Waals surface area (Å²) in [6.45, 7) is 0. The highest BCUT2D eigenvalue weighted by molar-refractivity contribution is 7.21. The standard InChI is InChI=1S/C23H14N4OS/c1-3-9-20-18(7-1)27(19-8-2-4-10-21(19)28-20)15-11-12-16(25-14-15)23-26-17-6-5-13-24-22(17)29-23/h1-14H. The van der Waals surface area contributed by atoms with E-state index in [0.717, 1.165) is 49.6 Å². The van der Waals surface area contributed by atoms with Crippen LogP contribution in [0, 0.1) is 0 Å². The van der Waals surface area contributed by atoms with Crippen LogP contribution >= 0.6 is 11.3 Å². The maximum Gasteiger partial charge on any atom is 0.151 e. The van der Waals surface area contributed by atoms with Crippen LogP contribution in [-0.4, -0.2) is 15.0 Å². The summed E-state index contributed by atoms with van der Waals surface area (Å²) in [5, 5.41) is 0.869. The van der Waals surface area contributed by atoms with Crippen molar-refractivity contribution in [2.45, 2.75) is 0 Å². The molecule has 0 amide bonds. The van der Waals surface area contributed by atoms with Crippen LogP contribution in [-0.2, 0) is 0 Å². The number of para-hydroxylation sites is 4. The second-order valence-corrected chi connectivity index (χ2v) is 7.60. The Morgan fingerprint density at radius 1 is 0.759 bits per heavy atom. The van der Waals surface area contributed by atoms with Crippen LogP contribution in [0.3, 0.4) is 0 Å². The third-order valence-corrected chi connectivity index (χ3v) is 5.83. The Balaban J connectivity index is 1.44. The number of thiazole rings is 1. The molecule has 0 spiro atoms. The largest absolute Gasteiger partial charge is 0.453 e. The lowest BCUT2D eigenvalue weighted by Gasteiger charge is -2.32. The Labute approximate surface area is 170 Å². The minimum absolute atomic E-state index is 0.826. The lowest BCUT2D eigenvalue weighted by atomic mass is 10.1. The maximum atomic E-state index is 6.08. The zero-order valence-electron chi connectivity index (χ0n) is 15.2. The van der Waals surface area contributed by atoms with Crippen molar-refractivity contribution in [3.63, 3.8) is 0 Å². The summed E-state index contributed by atoms with van der Waals surface area (Å²) in [4.78, 5) is 16.8. The lowest BCUT2D eigenvalue weighted by molar-refractivity contribution is 0.477. The predicted molar refractivity (Wildman–Crippen MR) is 115 cm³/mol. The summed E-state index contributed by atoms with van der Waals surface area (Å²) in [6, 6.07) is 24.0. The SMILES string of the molecule is c1ccc2c(c1)Oc1ccccc1N2c1ccc(-c2nc3cccnc3s2)nc1. The van der Waals surface area contributed by atoms with Gasteiger partial charge in [0.2, 0.25) is 0 Å². The third kappa shape index (κ3) is 2.65. The number of hydrogen-bond acceptors (Lipinski definition) is 6. The molecule has 5 aromatic rings. The molecular formula is C23H14N4OS. The van der Waals surface area contributed by atoms with Crippen molar-refractivity contribution in [1.29, 1.82) is 0 Å². The number of hydrogen-bond donors (Lipinski definition) is 0. The quantitative estimate of drug-likeness (QED) is 0.343. The van der Waals surface area contributed by atoms with Crippen molar-refractivity contribution >= 4 is 38.7 Å². The van der Waals surface area contributed by atoms with Crippen molar-refractivity contribution < 1.29 is 4.74 Å². The van der Waals surface area contributed by atoms with Gasteiger partial charge in [0.15, 0.2) is 11.5 Å². The lowest BCUT2D eigenvalue weighted by Crippen LogP contribution is -2.15. The number of ether oxygens (including phenoxy) is 1. The van der Waals surface area contributed by atoms with Gasteiger partial charge in [-0.1, -0.05) is 35.6 Å². The van der Waals surface area contributed by atoms with Crippen molar-refractivity contribution in [3.05, 3.63) is 85.2 Å². The molecule has 5 nitrogen and oxygen atoms in total. The van der Waals surface area contributed by atoms with Gasteiger partial charge in [-0.2, -0.15) is 0 Å². The van der Waals surface area contributed by atoms with Gasteiger partial charge in [0.1, 0.15) is 15.4 Å². The van der Waals surface area contributed by atoms with E-state index in [1.807, 2.05) is 60.8 Å². The second-order valence-electron chi connectivity index (χ2n) is 6.62. The molecule has 138 valence electrons. The van der Waals surface area contributed by atoms with E-state index in [2.05, 4.69) is 33.1 Å². The molecule has 0 bridgehead atoms. The average molecular weight is 394 g/mol. The molecule has 0 unspecified atom stereocenters. The van der Waals surface area contributed by atoms with E-state index >= 15 is 0 Å². The number of rotatable bonds is 2. The van der Waals surface area contributed by atoms with E-state index in [1.54, 1.807) is 17.5 Å². The number of aromatic nitrogens is 3. The van der Waals surface area contributed by atoms with Gasteiger partial charge in [-0.3, -0.25) is 4.98 Å². The second kappa shape index (κ2) is 6.39. The first-order valence-electron chi connectivity index (χ1n) is 9.21. The zero-order chi connectivity index (χ0) is 19.2. The molecule has 1 aliphatic rings. The van der Waals surface area contributed by atoms with Crippen LogP contribution in [0.2, 0.25) is 0 Å². The fraction of sp³-hybridized carbons (Fsp3) is 0. The number of anilines is 3. The van der Waals surface area contributed by atoms with Gasteiger partial charge in [-0.15, -0.1) is 0 Å². The third-order valence-electron chi connectivity index (χ3n) is 4.82. The first kappa shape index (κ1) is 16.2. The van der Waals surface area contributed by atoms with Gasteiger partial charge >= 0.3 is 0 Å². The van der Waals surface area contributed by atoms with E-state index in [1.165, 1.54) is 0 Å². The Kier molecular flexibility index (Phi) is 3.57. The number of fused-ring (bicyclic) bond motifs is 3. The van der Waals surface area contributed by atoms with Crippen LogP contribution in [0.25, 0.3) is 21.0 Å². The molecule has 1 aliphatic heterocycles. The molecular weight excluding hydrogens is 380 g/mol. The molecule has 4 heterocycles. The summed E-state index contributed by atoms with van der Waals surface area (Å²) < 4.78 is 6.08. The number of pyridine rings is 2. The topological polar surface area (TPSA) is 51.1 Å². The summed E-state index contributed by atoms with van der Waals surface area (Å²) in [7, 11) is 0. The van der Waals surface area contributed by atoms with E-state index in [9.17, 15) is 0 Å². The van der Waals surface area contributed by atoms with Gasteiger partial charge in [0, 0.05) is 6.20 Å². The first-order chi connectivity index (χ1) is 14.4. The molecule has 6 rings (SSSR count). The molecule has 3 aromatic heterocycles. The molecule has 0 fully saturated rings. The molecule has 0 aliphatic carbocycles. The van der Waals surface area contributed by atoms with E-state index in [4.69, 9.17) is 9.72 Å². The monoisotopic (exact) mass is 394 g/mol. The van der Waals surface area contributed by atoms with Crippen molar-refractivity contribution in [3.8, 4) is 22.2 Å².